The third-order valence-electron chi connectivity index (χ3n) is 1.62. The Balaban J connectivity index is 3.86. The molecule has 0 aliphatic carbocycles. The first-order valence-electron chi connectivity index (χ1n) is 5.15. The third-order valence-corrected chi connectivity index (χ3v) is 1.62. The minimum atomic E-state index is -4.49. The van der Waals surface area contributed by atoms with E-state index in [1.165, 1.54) is 0 Å². The summed E-state index contributed by atoms with van der Waals surface area (Å²) in [4.78, 5) is 21.6. The molecule has 0 aliphatic rings. The lowest BCUT2D eigenvalue weighted by Gasteiger charge is -2.06. The molecule has 0 heterocycles. The first-order chi connectivity index (χ1) is 8.99. The molecule has 0 N–H and O–H groups in total. The molecule has 0 aliphatic heterocycles. The molecule has 20 heavy (non-hydrogen) atoms. The number of carbonyl (C=O) groups is 2. The van der Waals surface area contributed by atoms with Gasteiger partial charge in [0.1, 0.15) is 13.2 Å². The molecule has 0 amide bonds. The van der Waals surface area contributed by atoms with Crippen LogP contribution >= 0.6 is 0 Å². The summed E-state index contributed by atoms with van der Waals surface area (Å²) in [6.45, 7) is -1.84. The lowest BCUT2D eigenvalue weighted by atomic mass is 10.4. The largest absolute Gasteiger partial charge is 0.462 e. The van der Waals surface area contributed by atoms with Crippen molar-refractivity contribution in [2.45, 2.75) is 25.2 Å². The first-order valence-corrected chi connectivity index (χ1v) is 5.15. The van der Waals surface area contributed by atoms with Crippen LogP contribution in [0.15, 0.2) is 12.2 Å². The predicted molar refractivity (Wildman–Crippen MR) is 52.4 cm³/mol. The van der Waals surface area contributed by atoms with Gasteiger partial charge in [-0.2, -0.15) is 26.3 Å². The number of alkyl halides is 6. The van der Waals surface area contributed by atoms with E-state index < -0.39 is 50.3 Å². The number of esters is 2. The quantitative estimate of drug-likeness (QED) is 0.430. The molecule has 0 aromatic carbocycles. The molecule has 116 valence electrons. The molecule has 0 unspecified atom stereocenters. The Bertz CT molecular complexity index is 324. The van der Waals surface area contributed by atoms with Crippen LogP contribution in [0.2, 0.25) is 0 Å². The molecule has 0 aromatic heterocycles. The Morgan fingerprint density at radius 1 is 0.750 bits per heavy atom. The van der Waals surface area contributed by atoms with Crippen molar-refractivity contribution in [3.8, 4) is 0 Å². The van der Waals surface area contributed by atoms with E-state index in [4.69, 9.17) is 0 Å². The number of ether oxygens (including phenoxy) is 2. The summed E-state index contributed by atoms with van der Waals surface area (Å²) in [5, 5.41) is 0. The summed E-state index contributed by atoms with van der Waals surface area (Å²) in [5.74, 6) is -2.47. The van der Waals surface area contributed by atoms with Gasteiger partial charge in [0.25, 0.3) is 0 Å². The van der Waals surface area contributed by atoms with Crippen LogP contribution in [0.4, 0.5) is 26.3 Å². The second kappa shape index (κ2) is 7.75. The Labute approximate surface area is 109 Å². The summed E-state index contributed by atoms with van der Waals surface area (Å²) in [5.41, 5.74) is 0. The molecule has 0 radical (unpaired) electrons. The fraction of sp³-hybridized carbons (Fsp3) is 0.600. The predicted octanol–water partition coefficient (Wildman–Crippen LogP) is 2.53. The Morgan fingerprint density at radius 2 is 1.05 bits per heavy atom. The highest BCUT2D eigenvalue weighted by molar-refractivity contribution is 5.91. The molecule has 0 bridgehead atoms. The summed E-state index contributed by atoms with van der Waals surface area (Å²) >= 11 is 0. The van der Waals surface area contributed by atoms with Gasteiger partial charge in [-0.25, -0.2) is 9.59 Å². The normalized spacial score (nSPS) is 12.5. The van der Waals surface area contributed by atoms with E-state index in [1.807, 2.05) is 0 Å². The molecular formula is C10H10F6O4. The lowest BCUT2D eigenvalue weighted by Crippen LogP contribution is -2.14. The zero-order valence-electron chi connectivity index (χ0n) is 9.88. The van der Waals surface area contributed by atoms with Crippen LogP contribution in [0.1, 0.15) is 12.8 Å². The van der Waals surface area contributed by atoms with Crippen LogP contribution in [-0.2, 0) is 19.1 Å². The van der Waals surface area contributed by atoms with Gasteiger partial charge >= 0.3 is 24.3 Å². The minimum absolute atomic E-state index is 0.465. The van der Waals surface area contributed by atoms with Crippen molar-refractivity contribution in [3.05, 3.63) is 12.2 Å². The molecule has 0 saturated carbocycles. The average molecular weight is 308 g/mol. The molecule has 0 saturated heterocycles. The molecule has 0 spiro atoms. The number of hydrogen-bond acceptors (Lipinski definition) is 4. The van der Waals surface area contributed by atoms with Crippen LogP contribution in [0.25, 0.3) is 0 Å². The van der Waals surface area contributed by atoms with Gasteiger partial charge in [-0.05, 0) is 0 Å². The maximum atomic E-state index is 11.7. The summed E-state index contributed by atoms with van der Waals surface area (Å²) < 4.78 is 78.3. The second-order valence-corrected chi connectivity index (χ2v) is 3.40. The number of hydrogen-bond donors (Lipinski definition) is 0. The maximum Gasteiger partial charge on any atom is 0.392 e. The van der Waals surface area contributed by atoms with E-state index in [2.05, 4.69) is 9.47 Å². The van der Waals surface area contributed by atoms with Crippen LogP contribution < -0.4 is 0 Å². The Hall–Kier alpha value is -1.74. The summed E-state index contributed by atoms with van der Waals surface area (Å²) in [7, 11) is 0. The zero-order chi connectivity index (χ0) is 15.8. The fourth-order valence-electron chi connectivity index (χ4n) is 0.767. The fourth-order valence-corrected chi connectivity index (χ4v) is 0.767. The number of rotatable bonds is 6. The van der Waals surface area contributed by atoms with Crippen molar-refractivity contribution in [3.63, 3.8) is 0 Å². The highest BCUT2D eigenvalue weighted by atomic mass is 19.4. The van der Waals surface area contributed by atoms with Crippen LogP contribution in [0.5, 0.6) is 0 Å². The monoisotopic (exact) mass is 308 g/mol. The smallest absolute Gasteiger partial charge is 0.392 e. The van der Waals surface area contributed by atoms with Crippen LogP contribution in [0, 0.1) is 0 Å². The van der Waals surface area contributed by atoms with Gasteiger partial charge in [-0.1, -0.05) is 0 Å². The topological polar surface area (TPSA) is 52.6 Å². The van der Waals surface area contributed by atoms with E-state index in [-0.39, 0.29) is 0 Å². The van der Waals surface area contributed by atoms with Crippen molar-refractivity contribution in [1.29, 1.82) is 0 Å². The SMILES string of the molecule is O=C(/C=C/C(=O)OCCC(F)(F)F)OCCC(F)(F)F. The van der Waals surface area contributed by atoms with E-state index in [0.29, 0.717) is 12.2 Å². The number of carbonyl (C=O) groups excluding carboxylic acids is 2. The molecular weight excluding hydrogens is 298 g/mol. The van der Waals surface area contributed by atoms with Gasteiger partial charge in [-0.15, -0.1) is 0 Å². The minimum Gasteiger partial charge on any atom is -0.462 e. The van der Waals surface area contributed by atoms with Crippen LogP contribution in [0.3, 0.4) is 0 Å². The highest BCUT2D eigenvalue weighted by Crippen LogP contribution is 2.19. The van der Waals surface area contributed by atoms with E-state index in [0.717, 1.165) is 0 Å². The molecule has 10 heteroatoms. The van der Waals surface area contributed by atoms with Gasteiger partial charge < -0.3 is 9.47 Å². The molecule has 0 fully saturated rings. The highest BCUT2D eigenvalue weighted by Gasteiger charge is 2.27. The maximum absolute atomic E-state index is 11.7. The first kappa shape index (κ1) is 18.3. The summed E-state index contributed by atoms with van der Waals surface area (Å²) in [6.07, 6.45) is -10.7. The third kappa shape index (κ3) is 12.7. The standard InChI is InChI=1S/C10H10F6O4/c11-9(12,13)3-5-19-7(17)1-2-8(18)20-6-4-10(14,15)16/h1-2H,3-6H2/b2-1+. The van der Waals surface area contributed by atoms with Crippen molar-refractivity contribution < 1.29 is 45.4 Å². The second-order valence-electron chi connectivity index (χ2n) is 3.40. The van der Waals surface area contributed by atoms with E-state index >= 15 is 0 Å². The van der Waals surface area contributed by atoms with Gasteiger partial charge in [0.2, 0.25) is 0 Å². The van der Waals surface area contributed by atoms with Gasteiger partial charge in [0, 0.05) is 12.2 Å². The molecule has 4 nitrogen and oxygen atoms in total. The Kier molecular flexibility index (Phi) is 7.08. The van der Waals surface area contributed by atoms with Gasteiger partial charge in [-0.3, -0.25) is 0 Å². The van der Waals surface area contributed by atoms with Crippen molar-refractivity contribution in [2.75, 3.05) is 13.2 Å². The zero-order valence-corrected chi connectivity index (χ0v) is 9.88. The van der Waals surface area contributed by atoms with Crippen molar-refractivity contribution in [1.82, 2.24) is 0 Å². The Morgan fingerprint density at radius 3 is 1.30 bits per heavy atom. The lowest BCUT2D eigenvalue weighted by molar-refractivity contribution is -0.158. The van der Waals surface area contributed by atoms with E-state index in [9.17, 15) is 35.9 Å². The van der Waals surface area contributed by atoms with E-state index in [1.54, 1.807) is 0 Å². The van der Waals surface area contributed by atoms with Crippen molar-refractivity contribution in [2.24, 2.45) is 0 Å². The summed E-state index contributed by atoms with van der Waals surface area (Å²) in [6, 6.07) is 0. The average Bonchev–Trinajstić information content (AvgIpc) is 2.22. The molecule has 0 atom stereocenters. The number of halogens is 6. The molecule has 0 aromatic rings. The molecule has 0 rings (SSSR count). The van der Waals surface area contributed by atoms with Crippen LogP contribution in [-0.4, -0.2) is 37.5 Å². The van der Waals surface area contributed by atoms with Gasteiger partial charge in [0.05, 0.1) is 12.8 Å². The van der Waals surface area contributed by atoms with Crippen molar-refractivity contribution >= 4 is 11.9 Å². The van der Waals surface area contributed by atoms with Gasteiger partial charge in [0.15, 0.2) is 0 Å².